The monoisotopic (exact) mass is 177 g/mol. The van der Waals surface area contributed by atoms with Gasteiger partial charge in [-0.2, -0.15) is 0 Å². The second-order valence-corrected chi connectivity index (χ2v) is 2.60. The van der Waals surface area contributed by atoms with Crippen LogP contribution in [0.15, 0.2) is 29.4 Å². The zero-order valence-corrected chi connectivity index (χ0v) is 7.65. The zero-order valence-electron chi connectivity index (χ0n) is 7.65. The van der Waals surface area contributed by atoms with Gasteiger partial charge in [0.05, 0.1) is 6.21 Å². The second kappa shape index (κ2) is 4.40. The Morgan fingerprint density at radius 3 is 2.92 bits per heavy atom. The molecule has 13 heavy (non-hydrogen) atoms. The van der Waals surface area contributed by atoms with Crippen LogP contribution in [0, 0.1) is 0 Å². The Hall–Kier alpha value is -1.64. The van der Waals surface area contributed by atoms with E-state index >= 15 is 0 Å². The van der Waals surface area contributed by atoms with Crippen molar-refractivity contribution in [3.63, 3.8) is 0 Å². The number of rotatable bonds is 3. The SMILES string of the molecule is CO/N=C/c1cccc(C(C)=O)c1. The van der Waals surface area contributed by atoms with Gasteiger partial charge in [-0.3, -0.25) is 4.79 Å². The minimum Gasteiger partial charge on any atom is -0.399 e. The predicted molar refractivity (Wildman–Crippen MR) is 51.0 cm³/mol. The molecule has 0 spiro atoms. The van der Waals surface area contributed by atoms with Crippen molar-refractivity contribution in [2.24, 2.45) is 5.16 Å². The van der Waals surface area contributed by atoms with Crippen molar-refractivity contribution in [1.82, 2.24) is 0 Å². The first kappa shape index (κ1) is 9.45. The lowest BCUT2D eigenvalue weighted by Gasteiger charge is -1.96. The minimum atomic E-state index is 0.0488. The Balaban J connectivity index is 2.92. The van der Waals surface area contributed by atoms with Crippen LogP contribution in [0.2, 0.25) is 0 Å². The van der Waals surface area contributed by atoms with Gasteiger partial charge in [-0.15, -0.1) is 0 Å². The van der Waals surface area contributed by atoms with E-state index in [1.807, 2.05) is 12.1 Å². The molecule has 1 aromatic rings. The average molecular weight is 177 g/mol. The molecule has 3 heteroatoms. The topological polar surface area (TPSA) is 38.7 Å². The number of oxime groups is 1. The fourth-order valence-corrected chi connectivity index (χ4v) is 0.952. The maximum Gasteiger partial charge on any atom is 0.159 e. The Morgan fingerprint density at radius 1 is 1.54 bits per heavy atom. The molecule has 0 atom stereocenters. The summed E-state index contributed by atoms with van der Waals surface area (Å²) in [5, 5.41) is 3.61. The Labute approximate surface area is 77.0 Å². The van der Waals surface area contributed by atoms with Crippen LogP contribution >= 0.6 is 0 Å². The van der Waals surface area contributed by atoms with Crippen molar-refractivity contribution in [3.8, 4) is 0 Å². The van der Waals surface area contributed by atoms with Crippen molar-refractivity contribution in [1.29, 1.82) is 0 Å². The Bertz CT molecular complexity index is 331. The van der Waals surface area contributed by atoms with Gasteiger partial charge in [-0.05, 0) is 18.6 Å². The number of hydrogen-bond donors (Lipinski definition) is 0. The molecule has 0 aromatic heterocycles. The lowest BCUT2D eigenvalue weighted by Crippen LogP contribution is -1.93. The van der Waals surface area contributed by atoms with E-state index in [0.29, 0.717) is 5.56 Å². The summed E-state index contributed by atoms with van der Waals surface area (Å²) in [6.45, 7) is 1.53. The normalized spacial score (nSPS) is 10.3. The van der Waals surface area contributed by atoms with Gasteiger partial charge in [0.15, 0.2) is 5.78 Å². The molecule has 0 fully saturated rings. The van der Waals surface area contributed by atoms with E-state index < -0.39 is 0 Å². The van der Waals surface area contributed by atoms with Gasteiger partial charge < -0.3 is 4.84 Å². The van der Waals surface area contributed by atoms with E-state index in [4.69, 9.17) is 0 Å². The van der Waals surface area contributed by atoms with Crippen LogP contribution in [0.25, 0.3) is 0 Å². The standard InChI is InChI=1S/C10H11NO2/c1-8(12)10-5-3-4-9(6-10)7-11-13-2/h3-7H,1-2H3/b11-7+. The first-order valence-electron chi connectivity index (χ1n) is 3.91. The molecule has 1 rings (SSSR count). The molecule has 68 valence electrons. The third-order valence-corrected chi connectivity index (χ3v) is 1.60. The first-order chi connectivity index (χ1) is 6.24. The van der Waals surface area contributed by atoms with Gasteiger partial charge in [0.2, 0.25) is 0 Å². The van der Waals surface area contributed by atoms with E-state index in [0.717, 1.165) is 5.56 Å². The molecular formula is C10H11NO2. The third-order valence-electron chi connectivity index (χ3n) is 1.60. The first-order valence-corrected chi connectivity index (χ1v) is 3.91. The zero-order chi connectivity index (χ0) is 9.68. The van der Waals surface area contributed by atoms with Crippen LogP contribution < -0.4 is 0 Å². The lowest BCUT2D eigenvalue weighted by atomic mass is 10.1. The van der Waals surface area contributed by atoms with E-state index in [1.165, 1.54) is 14.0 Å². The fraction of sp³-hybridized carbons (Fsp3) is 0.200. The van der Waals surface area contributed by atoms with E-state index in [9.17, 15) is 4.79 Å². The number of carbonyl (C=O) groups is 1. The molecule has 0 amide bonds. The predicted octanol–water partition coefficient (Wildman–Crippen LogP) is 1.87. The number of hydrogen-bond acceptors (Lipinski definition) is 3. The molecule has 1 aromatic carbocycles. The summed E-state index contributed by atoms with van der Waals surface area (Å²) in [6, 6.07) is 7.21. The molecular weight excluding hydrogens is 166 g/mol. The third kappa shape index (κ3) is 2.71. The van der Waals surface area contributed by atoms with Crippen LogP contribution in [0.1, 0.15) is 22.8 Å². The largest absolute Gasteiger partial charge is 0.399 e. The number of nitrogens with zero attached hydrogens (tertiary/aromatic N) is 1. The van der Waals surface area contributed by atoms with Crippen LogP contribution in [0.5, 0.6) is 0 Å². The molecule has 0 heterocycles. The summed E-state index contributed by atoms with van der Waals surface area (Å²) in [5.74, 6) is 0.0488. The summed E-state index contributed by atoms with van der Waals surface area (Å²) in [4.78, 5) is 15.5. The Morgan fingerprint density at radius 2 is 2.31 bits per heavy atom. The number of ketones is 1. The summed E-state index contributed by atoms with van der Waals surface area (Å²) >= 11 is 0. The summed E-state index contributed by atoms with van der Waals surface area (Å²) in [7, 11) is 1.48. The Kier molecular flexibility index (Phi) is 3.20. The lowest BCUT2D eigenvalue weighted by molar-refractivity contribution is 0.101. The highest BCUT2D eigenvalue weighted by Crippen LogP contribution is 2.03. The van der Waals surface area contributed by atoms with Crippen LogP contribution in [-0.2, 0) is 4.84 Å². The van der Waals surface area contributed by atoms with E-state index in [-0.39, 0.29) is 5.78 Å². The number of Topliss-reactive ketones (excluding diaryl/α,β-unsaturated/α-hetero) is 1. The molecule has 0 N–H and O–H groups in total. The molecule has 0 radical (unpaired) electrons. The summed E-state index contributed by atoms with van der Waals surface area (Å²) in [6.07, 6.45) is 1.56. The molecule has 0 unspecified atom stereocenters. The summed E-state index contributed by atoms with van der Waals surface area (Å²) < 4.78 is 0. The average Bonchev–Trinajstić information content (AvgIpc) is 2.15. The quantitative estimate of drug-likeness (QED) is 0.401. The van der Waals surface area contributed by atoms with E-state index in [2.05, 4.69) is 9.99 Å². The van der Waals surface area contributed by atoms with Gasteiger partial charge in [0, 0.05) is 5.56 Å². The summed E-state index contributed by atoms with van der Waals surface area (Å²) in [5.41, 5.74) is 1.54. The van der Waals surface area contributed by atoms with Crippen LogP contribution in [-0.4, -0.2) is 19.1 Å². The van der Waals surface area contributed by atoms with Gasteiger partial charge in [0.25, 0.3) is 0 Å². The number of benzene rings is 1. The molecule has 0 saturated heterocycles. The van der Waals surface area contributed by atoms with Gasteiger partial charge in [-0.1, -0.05) is 23.4 Å². The highest BCUT2D eigenvalue weighted by atomic mass is 16.6. The van der Waals surface area contributed by atoms with Gasteiger partial charge >= 0.3 is 0 Å². The number of carbonyl (C=O) groups excluding carboxylic acids is 1. The van der Waals surface area contributed by atoms with Gasteiger partial charge in [-0.25, -0.2) is 0 Å². The molecule has 0 aliphatic carbocycles. The van der Waals surface area contributed by atoms with Crippen molar-refractivity contribution in [2.45, 2.75) is 6.92 Å². The van der Waals surface area contributed by atoms with Gasteiger partial charge in [0.1, 0.15) is 7.11 Å². The van der Waals surface area contributed by atoms with Crippen molar-refractivity contribution < 1.29 is 9.63 Å². The minimum absolute atomic E-state index is 0.0488. The maximum atomic E-state index is 11.0. The molecule has 0 aliphatic heterocycles. The fourth-order valence-electron chi connectivity index (χ4n) is 0.952. The smallest absolute Gasteiger partial charge is 0.159 e. The maximum absolute atomic E-state index is 11.0. The van der Waals surface area contributed by atoms with Crippen molar-refractivity contribution in [3.05, 3.63) is 35.4 Å². The molecule has 0 bridgehead atoms. The van der Waals surface area contributed by atoms with E-state index in [1.54, 1.807) is 18.3 Å². The molecule has 0 saturated carbocycles. The highest BCUT2D eigenvalue weighted by molar-refractivity contribution is 5.95. The molecule has 0 aliphatic rings. The second-order valence-electron chi connectivity index (χ2n) is 2.60. The van der Waals surface area contributed by atoms with Crippen molar-refractivity contribution in [2.75, 3.05) is 7.11 Å². The van der Waals surface area contributed by atoms with Crippen molar-refractivity contribution >= 4 is 12.0 Å². The molecule has 3 nitrogen and oxygen atoms in total. The van der Waals surface area contributed by atoms with Crippen LogP contribution in [0.4, 0.5) is 0 Å². The van der Waals surface area contributed by atoms with Crippen LogP contribution in [0.3, 0.4) is 0 Å². The highest BCUT2D eigenvalue weighted by Gasteiger charge is 1.98.